The average molecular weight is 327 g/mol. The number of hydrogen-bond acceptors (Lipinski definition) is 3. The Morgan fingerprint density at radius 3 is 3.00 bits per heavy atom. The van der Waals surface area contributed by atoms with Gasteiger partial charge in [-0.25, -0.2) is 0 Å². The van der Waals surface area contributed by atoms with E-state index in [1.807, 2.05) is 12.1 Å². The number of nitrogens with zero attached hydrogens (tertiary/aromatic N) is 1. The maximum absolute atomic E-state index is 12.6. The molecule has 4 heteroatoms. The van der Waals surface area contributed by atoms with Crippen molar-refractivity contribution in [1.29, 1.82) is 0 Å². The number of hydrogen-bond donors (Lipinski definition) is 2. The summed E-state index contributed by atoms with van der Waals surface area (Å²) in [5, 5.41) is 3.29. The van der Waals surface area contributed by atoms with E-state index in [4.69, 9.17) is 5.73 Å². The molecule has 1 aromatic carbocycles. The van der Waals surface area contributed by atoms with E-state index >= 15 is 0 Å². The summed E-state index contributed by atoms with van der Waals surface area (Å²) in [7, 11) is 0. The van der Waals surface area contributed by atoms with Gasteiger partial charge in [0.05, 0.1) is 6.54 Å². The summed E-state index contributed by atoms with van der Waals surface area (Å²) in [4.78, 5) is 14.8. The SMILES string of the molecule is CC(NC(=O)CN1CCCc2c(N)cccc21)C1CC2CCC1C2. The summed E-state index contributed by atoms with van der Waals surface area (Å²) in [6.45, 7) is 3.58. The highest BCUT2D eigenvalue weighted by molar-refractivity contribution is 5.82. The zero-order chi connectivity index (χ0) is 16.7. The van der Waals surface area contributed by atoms with Gasteiger partial charge in [0.15, 0.2) is 0 Å². The van der Waals surface area contributed by atoms with Gasteiger partial charge < -0.3 is 16.0 Å². The summed E-state index contributed by atoms with van der Waals surface area (Å²) in [6, 6.07) is 6.34. The van der Waals surface area contributed by atoms with E-state index in [2.05, 4.69) is 23.2 Å². The Kier molecular flexibility index (Phi) is 4.15. The number of nitrogen functional groups attached to an aromatic ring is 1. The lowest BCUT2D eigenvalue weighted by Crippen LogP contribution is -2.46. The van der Waals surface area contributed by atoms with Gasteiger partial charge in [0.1, 0.15) is 0 Å². The molecule has 0 spiro atoms. The molecule has 2 bridgehead atoms. The predicted molar refractivity (Wildman–Crippen MR) is 97.9 cm³/mol. The van der Waals surface area contributed by atoms with Crippen molar-refractivity contribution >= 4 is 17.3 Å². The van der Waals surface area contributed by atoms with E-state index in [-0.39, 0.29) is 5.91 Å². The Morgan fingerprint density at radius 1 is 1.38 bits per heavy atom. The highest BCUT2D eigenvalue weighted by Gasteiger charge is 2.42. The molecule has 4 rings (SSSR count). The van der Waals surface area contributed by atoms with Gasteiger partial charge in [-0.1, -0.05) is 12.5 Å². The van der Waals surface area contributed by atoms with Crippen LogP contribution in [-0.2, 0) is 11.2 Å². The second-order valence-electron chi connectivity index (χ2n) is 8.06. The number of carbonyl (C=O) groups is 1. The van der Waals surface area contributed by atoms with Crippen molar-refractivity contribution < 1.29 is 4.79 Å². The molecule has 3 aliphatic rings. The largest absolute Gasteiger partial charge is 0.398 e. The van der Waals surface area contributed by atoms with Gasteiger partial charge in [0.25, 0.3) is 0 Å². The zero-order valence-corrected chi connectivity index (χ0v) is 14.6. The van der Waals surface area contributed by atoms with Crippen molar-refractivity contribution in [2.24, 2.45) is 17.8 Å². The normalized spacial score (nSPS) is 29.4. The zero-order valence-electron chi connectivity index (χ0n) is 14.6. The minimum absolute atomic E-state index is 0.153. The number of fused-ring (bicyclic) bond motifs is 3. The molecule has 4 unspecified atom stereocenters. The van der Waals surface area contributed by atoms with Gasteiger partial charge >= 0.3 is 0 Å². The third-order valence-electron chi connectivity index (χ3n) is 6.54. The Bertz CT molecular complexity index is 629. The predicted octanol–water partition coefficient (Wildman–Crippen LogP) is 2.96. The number of nitrogens with one attached hydrogen (secondary N) is 1. The van der Waals surface area contributed by atoms with Gasteiger partial charge in [-0.3, -0.25) is 4.79 Å². The molecule has 2 fully saturated rings. The molecule has 1 amide bonds. The van der Waals surface area contributed by atoms with Crippen molar-refractivity contribution in [3.05, 3.63) is 23.8 Å². The summed E-state index contributed by atoms with van der Waals surface area (Å²) in [6.07, 6.45) is 7.57. The van der Waals surface area contributed by atoms with Crippen LogP contribution >= 0.6 is 0 Å². The minimum Gasteiger partial charge on any atom is -0.398 e. The highest BCUT2D eigenvalue weighted by Crippen LogP contribution is 2.49. The summed E-state index contributed by atoms with van der Waals surface area (Å²) in [5.74, 6) is 2.62. The van der Waals surface area contributed by atoms with Crippen molar-refractivity contribution in [3.63, 3.8) is 0 Å². The second-order valence-corrected chi connectivity index (χ2v) is 8.06. The maximum Gasteiger partial charge on any atom is 0.239 e. The lowest BCUT2D eigenvalue weighted by atomic mass is 9.84. The smallest absolute Gasteiger partial charge is 0.239 e. The van der Waals surface area contributed by atoms with Crippen molar-refractivity contribution in [3.8, 4) is 0 Å². The topological polar surface area (TPSA) is 58.4 Å². The van der Waals surface area contributed by atoms with Crippen molar-refractivity contribution in [2.75, 3.05) is 23.7 Å². The summed E-state index contributed by atoms with van der Waals surface area (Å²) in [5.41, 5.74) is 9.31. The third-order valence-corrected chi connectivity index (χ3v) is 6.54. The molecule has 1 heterocycles. The van der Waals surface area contributed by atoms with E-state index in [1.165, 1.54) is 31.2 Å². The van der Waals surface area contributed by atoms with Crippen LogP contribution < -0.4 is 16.0 Å². The van der Waals surface area contributed by atoms with Gasteiger partial charge in [-0.05, 0) is 74.5 Å². The van der Waals surface area contributed by atoms with Crippen LogP contribution in [0.4, 0.5) is 11.4 Å². The van der Waals surface area contributed by atoms with Gasteiger partial charge in [0, 0.05) is 24.0 Å². The highest BCUT2D eigenvalue weighted by atomic mass is 16.2. The molecule has 4 nitrogen and oxygen atoms in total. The first-order valence-corrected chi connectivity index (χ1v) is 9.53. The fourth-order valence-corrected chi connectivity index (χ4v) is 5.38. The quantitative estimate of drug-likeness (QED) is 0.836. The summed E-state index contributed by atoms with van der Waals surface area (Å²) >= 11 is 0. The van der Waals surface area contributed by atoms with E-state index < -0.39 is 0 Å². The average Bonchev–Trinajstić information content (AvgIpc) is 3.19. The number of anilines is 2. The van der Waals surface area contributed by atoms with Crippen LogP contribution in [0.3, 0.4) is 0 Å². The molecule has 0 aromatic heterocycles. The monoisotopic (exact) mass is 327 g/mol. The fourth-order valence-electron chi connectivity index (χ4n) is 5.38. The first kappa shape index (κ1) is 15.8. The van der Waals surface area contributed by atoms with Gasteiger partial charge in [0.2, 0.25) is 5.91 Å². The maximum atomic E-state index is 12.6. The molecular weight excluding hydrogens is 298 g/mol. The van der Waals surface area contributed by atoms with Crippen molar-refractivity contribution in [2.45, 2.75) is 51.5 Å². The van der Waals surface area contributed by atoms with Crippen LogP contribution in [-0.4, -0.2) is 25.0 Å². The standard InChI is InChI=1S/C20H29N3O/c1-13(17-11-14-7-8-15(17)10-14)22-20(24)12-23-9-3-4-16-18(21)5-2-6-19(16)23/h2,5-6,13-15,17H,3-4,7-12,21H2,1H3,(H,22,24). The van der Waals surface area contributed by atoms with E-state index in [1.54, 1.807) is 0 Å². The van der Waals surface area contributed by atoms with E-state index in [0.717, 1.165) is 42.6 Å². The number of nitrogens with two attached hydrogens (primary N) is 1. The molecule has 24 heavy (non-hydrogen) atoms. The molecular formula is C20H29N3O. The fraction of sp³-hybridized carbons (Fsp3) is 0.650. The molecule has 1 aromatic rings. The first-order chi connectivity index (χ1) is 11.6. The molecule has 3 N–H and O–H groups in total. The van der Waals surface area contributed by atoms with Crippen LogP contribution in [0.5, 0.6) is 0 Å². The van der Waals surface area contributed by atoms with Crippen LogP contribution in [0.1, 0.15) is 44.6 Å². The number of benzene rings is 1. The lowest BCUT2D eigenvalue weighted by molar-refractivity contribution is -0.120. The number of carbonyl (C=O) groups excluding carboxylic acids is 1. The first-order valence-electron chi connectivity index (χ1n) is 9.53. The Balaban J connectivity index is 1.38. The molecule has 4 atom stereocenters. The minimum atomic E-state index is 0.153. The summed E-state index contributed by atoms with van der Waals surface area (Å²) < 4.78 is 0. The van der Waals surface area contributed by atoms with Crippen LogP contribution in [0.15, 0.2) is 18.2 Å². The van der Waals surface area contributed by atoms with Crippen LogP contribution in [0.2, 0.25) is 0 Å². The molecule has 130 valence electrons. The van der Waals surface area contributed by atoms with Crippen molar-refractivity contribution in [1.82, 2.24) is 5.32 Å². The van der Waals surface area contributed by atoms with E-state index in [0.29, 0.717) is 18.5 Å². The Morgan fingerprint density at radius 2 is 2.25 bits per heavy atom. The Labute approximate surface area is 144 Å². The molecule has 0 saturated heterocycles. The van der Waals surface area contributed by atoms with Gasteiger partial charge in [-0.2, -0.15) is 0 Å². The third kappa shape index (κ3) is 2.87. The Hall–Kier alpha value is -1.71. The molecule has 1 aliphatic heterocycles. The lowest BCUT2D eigenvalue weighted by Gasteiger charge is -2.33. The second kappa shape index (κ2) is 6.30. The van der Waals surface area contributed by atoms with Crippen LogP contribution in [0, 0.1) is 17.8 Å². The molecule has 0 radical (unpaired) electrons. The van der Waals surface area contributed by atoms with E-state index in [9.17, 15) is 4.79 Å². The molecule has 2 saturated carbocycles. The number of rotatable bonds is 4. The number of amides is 1. The van der Waals surface area contributed by atoms with Gasteiger partial charge in [-0.15, -0.1) is 0 Å². The van der Waals surface area contributed by atoms with Crippen LogP contribution in [0.25, 0.3) is 0 Å². The molecule has 2 aliphatic carbocycles.